The lowest BCUT2D eigenvalue weighted by atomic mass is 10.1. The van der Waals surface area contributed by atoms with Gasteiger partial charge in [0, 0.05) is 6.42 Å². The number of aromatic hydroxyl groups is 1. The molecule has 0 aliphatic rings. The Labute approximate surface area is 109 Å². The van der Waals surface area contributed by atoms with Crippen LogP contribution in [0.1, 0.15) is 55.8 Å². The van der Waals surface area contributed by atoms with Crippen molar-refractivity contribution in [2.45, 2.75) is 45.4 Å². The van der Waals surface area contributed by atoms with Gasteiger partial charge in [0.25, 0.3) is 0 Å². The van der Waals surface area contributed by atoms with Crippen LogP contribution in [0.4, 0.5) is 0 Å². The number of hydrogen-bond donors (Lipinski definition) is 1. The summed E-state index contributed by atoms with van der Waals surface area (Å²) < 4.78 is 0. The number of carbonyl (C=O) groups excluding carboxylic acids is 1. The Balaban J connectivity index is 2.29. The fourth-order valence-corrected chi connectivity index (χ4v) is 1.82. The van der Waals surface area contributed by atoms with Crippen molar-refractivity contribution in [3.63, 3.8) is 0 Å². The average molecular weight is 246 g/mol. The van der Waals surface area contributed by atoms with Crippen molar-refractivity contribution in [2.75, 3.05) is 0 Å². The van der Waals surface area contributed by atoms with Crippen LogP contribution in [0, 0.1) is 0 Å². The van der Waals surface area contributed by atoms with Crippen LogP contribution in [0.5, 0.6) is 5.75 Å². The van der Waals surface area contributed by atoms with E-state index in [1.165, 1.54) is 25.7 Å². The Kier molecular flexibility index (Phi) is 6.85. The van der Waals surface area contributed by atoms with E-state index in [0.29, 0.717) is 12.0 Å². The molecule has 0 aliphatic carbocycles. The van der Waals surface area contributed by atoms with Gasteiger partial charge >= 0.3 is 0 Å². The Morgan fingerprint density at radius 1 is 1.17 bits per heavy atom. The molecule has 98 valence electrons. The van der Waals surface area contributed by atoms with E-state index in [-0.39, 0.29) is 11.5 Å². The molecule has 0 spiro atoms. The van der Waals surface area contributed by atoms with Gasteiger partial charge in [0.2, 0.25) is 0 Å². The molecule has 1 aromatic carbocycles. The van der Waals surface area contributed by atoms with Crippen LogP contribution in [0.15, 0.2) is 36.4 Å². The number of carbonyl (C=O) groups is 1. The number of Topliss-reactive ketones (excluding diaryl/α,β-unsaturated/α-hetero) is 1. The van der Waals surface area contributed by atoms with E-state index in [4.69, 9.17) is 0 Å². The van der Waals surface area contributed by atoms with E-state index < -0.39 is 0 Å². The summed E-state index contributed by atoms with van der Waals surface area (Å²) in [5.74, 6) is 0.0387. The maximum Gasteiger partial charge on any atom is 0.170 e. The van der Waals surface area contributed by atoms with Gasteiger partial charge < -0.3 is 5.11 Å². The highest BCUT2D eigenvalue weighted by Gasteiger charge is 2.07. The van der Waals surface area contributed by atoms with Crippen LogP contribution in [0.2, 0.25) is 0 Å². The van der Waals surface area contributed by atoms with E-state index in [2.05, 4.69) is 13.0 Å². The number of ketones is 1. The Morgan fingerprint density at radius 2 is 1.94 bits per heavy atom. The number of allylic oxidation sites excluding steroid dienone is 2. The third kappa shape index (κ3) is 5.17. The first-order valence-electron chi connectivity index (χ1n) is 6.72. The lowest BCUT2D eigenvalue weighted by Gasteiger charge is -2.00. The standard InChI is InChI=1S/C16H22O2/c1-2-3-4-5-6-7-8-12-15(17)14-11-9-10-13-16(14)18/h7-11,13,18H,2-6,12H2,1H3/b8-7+. The van der Waals surface area contributed by atoms with Gasteiger partial charge in [-0.2, -0.15) is 0 Å². The maximum atomic E-state index is 11.8. The molecule has 0 saturated heterocycles. The quantitative estimate of drug-likeness (QED) is 0.417. The molecular weight excluding hydrogens is 224 g/mol. The number of unbranched alkanes of at least 4 members (excludes halogenated alkanes) is 4. The lowest BCUT2D eigenvalue weighted by molar-refractivity contribution is 0.0993. The van der Waals surface area contributed by atoms with Crippen LogP contribution in [0.25, 0.3) is 0 Å². The van der Waals surface area contributed by atoms with Gasteiger partial charge in [-0.25, -0.2) is 0 Å². The first-order valence-corrected chi connectivity index (χ1v) is 6.72. The molecule has 0 aromatic heterocycles. The van der Waals surface area contributed by atoms with Crippen molar-refractivity contribution in [2.24, 2.45) is 0 Å². The second-order valence-corrected chi connectivity index (χ2v) is 4.47. The Hall–Kier alpha value is -1.57. The number of phenols is 1. The first-order chi connectivity index (χ1) is 8.75. The van der Waals surface area contributed by atoms with Crippen molar-refractivity contribution < 1.29 is 9.90 Å². The molecule has 0 fully saturated rings. The van der Waals surface area contributed by atoms with Crippen molar-refractivity contribution in [3.8, 4) is 5.75 Å². The van der Waals surface area contributed by atoms with Crippen molar-refractivity contribution in [1.29, 1.82) is 0 Å². The van der Waals surface area contributed by atoms with Gasteiger partial charge in [-0.05, 0) is 25.0 Å². The van der Waals surface area contributed by atoms with E-state index in [0.717, 1.165) is 6.42 Å². The van der Waals surface area contributed by atoms with Crippen molar-refractivity contribution >= 4 is 5.78 Å². The van der Waals surface area contributed by atoms with Gasteiger partial charge in [0.05, 0.1) is 5.56 Å². The minimum absolute atomic E-state index is 0.0297. The third-order valence-corrected chi connectivity index (χ3v) is 2.90. The fourth-order valence-electron chi connectivity index (χ4n) is 1.82. The molecule has 1 aromatic rings. The van der Waals surface area contributed by atoms with Crippen LogP contribution in [-0.4, -0.2) is 10.9 Å². The van der Waals surface area contributed by atoms with Gasteiger partial charge in [-0.1, -0.05) is 50.5 Å². The highest BCUT2D eigenvalue weighted by Crippen LogP contribution is 2.17. The minimum atomic E-state index is -0.0297. The predicted octanol–water partition coefficient (Wildman–Crippen LogP) is 4.49. The summed E-state index contributed by atoms with van der Waals surface area (Å²) in [6.07, 6.45) is 10.3. The summed E-state index contributed by atoms with van der Waals surface area (Å²) in [6, 6.07) is 6.69. The summed E-state index contributed by atoms with van der Waals surface area (Å²) in [4.78, 5) is 11.8. The zero-order valence-electron chi connectivity index (χ0n) is 11.1. The average Bonchev–Trinajstić information content (AvgIpc) is 2.38. The monoisotopic (exact) mass is 246 g/mol. The number of hydrogen-bond acceptors (Lipinski definition) is 2. The summed E-state index contributed by atoms with van der Waals surface area (Å²) >= 11 is 0. The first kappa shape index (κ1) is 14.5. The largest absolute Gasteiger partial charge is 0.507 e. The number of phenolic OH excluding ortho intramolecular Hbond substituents is 1. The smallest absolute Gasteiger partial charge is 0.170 e. The van der Waals surface area contributed by atoms with Gasteiger partial charge in [0.1, 0.15) is 5.75 Å². The van der Waals surface area contributed by atoms with Crippen molar-refractivity contribution in [1.82, 2.24) is 0 Å². The van der Waals surface area contributed by atoms with Crippen LogP contribution >= 0.6 is 0 Å². The molecule has 0 aliphatic heterocycles. The van der Waals surface area contributed by atoms with E-state index in [1.54, 1.807) is 24.3 Å². The van der Waals surface area contributed by atoms with Crippen LogP contribution in [0.3, 0.4) is 0 Å². The summed E-state index contributed by atoms with van der Waals surface area (Å²) in [5.41, 5.74) is 0.410. The topological polar surface area (TPSA) is 37.3 Å². The molecule has 0 atom stereocenters. The molecular formula is C16H22O2. The highest BCUT2D eigenvalue weighted by atomic mass is 16.3. The summed E-state index contributed by atoms with van der Waals surface area (Å²) in [6.45, 7) is 2.20. The van der Waals surface area contributed by atoms with E-state index in [1.807, 2.05) is 6.08 Å². The SMILES string of the molecule is CCCCCC/C=C/CC(=O)c1ccccc1O. The zero-order valence-corrected chi connectivity index (χ0v) is 11.1. The highest BCUT2D eigenvalue weighted by molar-refractivity contribution is 5.99. The molecule has 0 amide bonds. The number of benzene rings is 1. The number of para-hydroxylation sites is 1. The van der Waals surface area contributed by atoms with Crippen LogP contribution in [-0.2, 0) is 0 Å². The minimum Gasteiger partial charge on any atom is -0.507 e. The second kappa shape index (κ2) is 8.51. The molecule has 18 heavy (non-hydrogen) atoms. The molecule has 0 bridgehead atoms. The molecule has 1 N–H and O–H groups in total. The van der Waals surface area contributed by atoms with Crippen LogP contribution < -0.4 is 0 Å². The third-order valence-electron chi connectivity index (χ3n) is 2.90. The molecule has 2 nitrogen and oxygen atoms in total. The fraction of sp³-hybridized carbons (Fsp3) is 0.438. The molecule has 0 radical (unpaired) electrons. The van der Waals surface area contributed by atoms with Gasteiger partial charge in [-0.3, -0.25) is 4.79 Å². The Morgan fingerprint density at radius 3 is 2.67 bits per heavy atom. The maximum absolute atomic E-state index is 11.8. The second-order valence-electron chi connectivity index (χ2n) is 4.47. The van der Waals surface area contributed by atoms with Gasteiger partial charge in [-0.15, -0.1) is 0 Å². The van der Waals surface area contributed by atoms with E-state index in [9.17, 15) is 9.90 Å². The van der Waals surface area contributed by atoms with Gasteiger partial charge in [0.15, 0.2) is 5.78 Å². The molecule has 0 unspecified atom stereocenters. The predicted molar refractivity (Wildman–Crippen MR) is 75.0 cm³/mol. The molecule has 0 saturated carbocycles. The zero-order chi connectivity index (χ0) is 13.2. The molecule has 1 rings (SSSR count). The number of rotatable bonds is 8. The normalized spacial score (nSPS) is 10.9. The molecule has 0 heterocycles. The molecule has 2 heteroatoms. The Bertz CT molecular complexity index is 394. The van der Waals surface area contributed by atoms with Crippen molar-refractivity contribution in [3.05, 3.63) is 42.0 Å². The lowest BCUT2D eigenvalue weighted by Crippen LogP contribution is -1.96. The summed E-state index contributed by atoms with van der Waals surface area (Å²) in [5, 5.41) is 9.54. The van der Waals surface area contributed by atoms with E-state index >= 15 is 0 Å². The summed E-state index contributed by atoms with van der Waals surface area (Å²) in [7, 11) is 0.